The van der Waals surface area contributed by atoms with Gasteiger partial charge in [-0.3, -0.25) is 9.59 Å². The molecule has 0 radical (unpaired) electrons. The number of hydrogen-bond acceptors (Lipinski definition) is 4. The Morgan fingerprint density at radius 1 is 1.14 bits per heavy atom. The normalized spacial score (nSPS) is 16.8. The summed E-state index contributed by atoms with van der Waals surface area (Å²) >= 11 is 1.59. The molecular weight excluding hydrogens is 384 g/mol. The molecule has 4 rings (SSSR count). The Hall–Kier alpha value is -3.12. The van der Waals surface area contributed by atoms with E-state index < -0.39 is 0 Å². The highest BCUT2D eigenvalue weighted by Crippen LogP contribution is 2.23. The highest BCUT2D eigenvalue weighted by atomic mass is 32.1. The number of thiophene rings is 1. The van der Waals surface area contributed by atoms with Gasteiger partial charge in [0, 0.05) is 35.3 Å². The van der Waals surface area contributed by atoms with E-state index in [0.717, 1.165) is 34.7 Å². The number of amides is 2. The molecule has 1 saturated heterocycles. The molecule has 0 spiro atoms. The van der Waals surface area contributed by atoms with Crippen molar-refractivity contribution in [3.8, 4) is 11.3 Å². The SMILES string of the molecule is O=C(Nc1ccc(-c2ccco2)cc1)[C@@H]1CCCN(C(=O)/C=C/c2cccs2)C1. The van der Waals surface area contributed by atoms with E-state index in [9.17, 15) is 9.59 Å². The van der Waals surface area contributed by atoms with Gasteiger partial charge in [0.2, 0.25) is 11.8 Å². The third-order valence-electron chi connectivity index (χ3n) is 5.00. The first-order valence-corrected chi connectivity index (χ1v) is 10.5. The molecule has 5 nitrogen and oxygen atoms in total. The molecule has 0 unspecified atom stereocenters. The maximum Gasteiger partial charge on any atom is 0.246 e. The van der Waals surface area contributed by atoms with Crippen LogP contribution < -0.4 is 5.32 Å². The van der Waals surface area contributed by atoms with Crippen molar-refractivity contribution < 1.29 is 14.0 Å². The topological polar surface area (TPSA) is 62.6 Å². The van der Waals surface area contributed by atoms with Crippen LogP contribution in [0.25, 0.3) is 17.4 Å². The fourth-order valence-corrected chi connectivity index (χ4v) is 4.06. The molecule has 2 amide bonds. The molecule has 3 heterocycles. The van der Waals surface area contributed by atoms with Crippen molar-refractivity contribution in [2.24, 2.45) is 5.92 Å². The molecule has 1 N–H and O–H groups in total. The number of rotatable bonds is 5. The number of nitrogens with zero attached hydrogens (tertiary/aromatic N) is 1. The number of likely N-dealkylation sites (tertiary alicyclic amines) is 1. The summed E-state index contributed by atoms with van der Waals surface area (Å²) in [6.07, 6.45) is 6.68. The Morgan fingerprint density at radius 3 is 2.72 bits per heavy atom. The molecule has 0 bridgehead atoms. The van der Waals surface area contributed by atoms with Gasteiger partial charge in [-0.2, -0.15) is 0 Å². The Balaban J connectivity index is 1.34. The molecule has 0 aliphatic carbocycles. The predicted molar refractivity (Wildman–Crippen MR) is 115 cm³/mol. The van der Waals surface area contributed by atoms with E-state index >= 15 is 0 Å². The van der Waals surface area contributed by atoms with Crippen molar-refractivity contribution in [2.75, 3.05) is 18.4 Å². The van der Waals surface area contributed by atoms with E-state index in [-0.39, 0.29) is 17.7 Å². The van der Waals surface area contributed by atoms with Crippen LogP contribution in [0, 0.1) is 5.92 Å². The average molecular weight is 407 g/mol. The molecule has 1 fully saturated rings. The molecule has 0 saturated carbocycles. The van der Waals surface area contributed by atoms with Crippen LogP contribution in [0.15, 0.2) is 70.7 Å². The lowest BCUT2D eigenvalue weighted by Crippen LogP contribution is -2.43. The molecule has 6 heteroatoms. The van der Waals surface area contributed by atoms with Crippen molar-refractivity contribution in [1.82, 2.24) is 4.90 Å². The van der Waals surface area contributed by atoms with Crippen molar-refractivity contribution in [3.05, 3.63) is 71.1 Å². The van der Waals surface area contributed by atoms with Gasteiger partial charge in [0.25, 0.3) is 0 Å². The average Bonchev–Trinajstić information content (AvgIpc) is 3.47. The number of piperidine rings is 1. The van der Waals surface area contributed by atoms with Gasteiger partial charge in [-0.1, -0.05) is 6.07 Å². The number of anilines is 1. The first-order valence-electron chi connectivity index (χ1n) is 9.64. The lowest BCUT2D eigenvalue weighted by Gasteiger charge is -2.31. The molecule has 2 aromatic heterocycles. The van der Waals surface area contributed by atoms with E-state index in [0.29, 0.717) is 13.1 Å². The Labute approximate surface area is 173 Å². The molecule has 3 aromatic rings. The second kappa shape index (κ2) is 8.92. The minimum atomic E-state index is -0.201. The molecular formula is C23H22N2O3S. The standard InChI is InChI=1S/C23H22N2O3S/c26-22(12-11-20-5-3-15-29-20)25-13-1-4-18(16-25)23(27)24-19-9-7-17(8-10-19)21-6-2-14-28-21/h2-3,5-12,14-15,18H,1,4,13,16H2,(H,24,27)/b12-11+/t18-/m1/s1. The second-order valence-electron chi connectivity index (χ2n) is 7.02. The monoisotopic (exact) mass is 406 g/mol. The van der Waals surface area contributed by atoms with Gasteiger partial charge in [0.15, 0.2) is 0 Å². The summed E-state index contributed by atoms with van der Waals surface area (Å²) < 4.78 is 5.38. The van der Waals surface area contributed by atoms with Crippen molar-refractivity contribution in [2.45, 2.75) is 12.8 Å². The molecule has 1 aliphatic rings. The zero-order chi connectivity index (χ0) is 20.1. The minimum Gasteiger partial charge on any atom is -0.464 e. The fourth-order valence-electron chi connectivity index (χ4n) is 3.44. The minimum absolute atomic E-state index is 0.0429. The Morgan fingerprint density at radius 2 is 2.00 bits per heavy atom. The van der Waals surface area contributed by atoms with Crippen molar-refractivity contribution in [3.63, 3.8) is 0 Å². The quantitative estimate of drug-likeness (QED) is 0.613. The van der Waals surface area contributed by atoms with Crippen LogP contribution in [-0.4, -0.2) is 29.8 Å². The van der Waals surface area contributed by atoms with Crippen LogP contribution in [0.1, 0.15) is 17.7 Å². The van der Waals surface area contributed by atoms with Gasteiger partial charge in [0.05, 0.1) is 12.2 Å². The summed E-state index contributed by atoms with van der Waals surface area (Å²) in [5.41, 5.74) is 1.70. The van der Waals surface area contributed by atoms with Gasteiger partial charge >= 0.3 is 0 Å². The first-order chi connectivity index (χ1) is 14.2. The lowest BCUT2D eigenvalue weighted by molar-refractivity contribution is -0.130. The van der Waals surface area contributed by atoms with Crippen LogP contribution in [0.3, 0.4) is 0 Å². The maximum absolute atomic E-state index is 12.7. The summed E-state index contributed by atoms with van der Waals surface area (Å²) in [5.74, 6) is 0.502. The third kappa shape index (κ3) is 4.84. The summed E-state index contributed by atoms with van der Waals surface area (Å²) in [4.78, 5) is 28.0. The number of furan rings is 1. The third-order valence-corrected chi connectivity index (χ3v) is 5.83. The zero-order valence-corrected chi connectivity index (χ0v) is 16.7. The molecule has 1 aliphatic heterocycles. The molecule has 148 valence electrons. The lowest BCUT2D eigenvalue weighted by atomic mass is 9.97. The highest BCUT2D eigenvalue weighted by Gasteiger charge is 2.27. The molecule has 29 heavy (non-hydrogen) atoms. The fraction of sp³-hybridized carbons (Fsp3) is 0.217. The van der Waals surface area contributed by atoms with Crippen LogP contribution in [0.2, 0.25) is 0 Å². The van der Waals surface area contributed by atoms with Gasteiger partial charge in [-0.05, 0) is 66.8 Å². The largest absolute Gasteiger partial charge is 0.464 e. The second-order valence-corrected chi connectivity index (χ2v) is 8.00. The zero-order valence-electron chi connectivity index (χ0n) is 15.9. The number of nitrogens with one attached hydrogen (secondary N) is 1. The van der Waals surface area contributed by atoms with Gasteiger partial charge in [0.1, 0.15) is 5.76 Å². The predicted octanol–water partition coefficient (Wildman–Crippen LogP) is 4.90. The molecule has 1 atom stereocenters. The van der Waals surface area contributed by atoms with E-state index in [4.69, 9.17) is 4.42 Å². The maximum atomic E-state index is 12.7. The summed E-state index contributed by atoms with van der Waals surface area (Å²) in [6, 6.07) is 15.2. The summed E-state index contributed by atoms with van der Waals surface area (Å²) in [5, 5.41) is 4.95. The number of carbonyl (C=O) groups excluding carboxylic acids is 2. The van der Waals surface area contributed by atoms with Crippen LogP contribution in [-0.2, 0) is 9.59 Å². The van der Waals surface area contributed by atoms with Crippen LogP contribution in [0.4, 0.5) is 5.69 Å². The number of benzene rings is 1. The van der Waals surface area contributed by atoms with Crippen molar-refractivity contribution >= 4 is 34.9 Å². The molecule has 1 aromatic carbocycles. The summed E-state index contributed by atoms with van der Waals surface area (Å²) in [7, 11) is 0. The van der Waals surface area contributed by atoms with E-state index in [2.05, 4.69) is 5.32 Å². The van der Waals surface area contributed by atoms with Gasteiger partial charge in [-0.25, -0.2) is 0 Å². The number of hydrogen-bond donors (Lipinski definition) is 1. The van der Waals surface area contributed by atoms with E-state index in [1.165, 1.54) is 0 Å². The Bertz CT molecular complexity index is 976. The summed E-state index contributed by atoms with van der Waals surface area (Å²) in [6.45, 7) is 1.14. The van der Waals surface area contributed by atoms with Gasteiger partial charge in [-0.15, -0.1) is 11.3 Å². The smallest absolute Gasteiger partial charge is 0.246 e. The first kappa shape index (κ1) is 19.2. The Kier molecular flexibility index (Phi) is 5.91. The number of carbonyl (C=O) groups is 2. The van der Waals surface area contributed by atoms with Gasteiger partial charge < -0.3 is 14.6 Å². The van der Waals surface area contributed by atoms with E-state index in [1.54, 1.807) is 28.6 Å². The van der Waals surface area contributed by atoms with Crippen molar-refractivity contribution in [1.29, 1.82) is 0 Å². The highest BCUT2D eigenvalue weighted by molar-refractivity contribution is 7.10. The van der Waals surface area contributed by atoms with Crippen LogP contribution >= 0.6 is 11.3 Å². The van der Waals surface area contributed by atoms with Crippen LogP contribution in [0.5, 0.6) is 0 Å². The van der Waals surface area contributed by atoms with E-state index in [1.807, 2.05) is 60.0 Å².